The second-order valence-corrected chi connectivity index (χ2v) is 6.29. The van der Waals surface area contributed by atoms with Gasteiger partial charge in [0.25, 0.3) is 0 Å². The fourth-order valence-electron chi connectivity index (χ4n) is 3.79. The molecule has 0 saturated carbocycles. The quantitative estimate of drug-likeness (QED) is 0.294. The lowest BCUT2D eigenvalue weighted by molar-refractivity contribution is 0.616. The molecule has 0 saturated heterocycles. The van der Waals surface area contributed by atoms with Gasteiger partial charge in [0.15, 0.2) is 0 Å². The van der Waals surface area contributed by atoms with Crippen LogP contribution in [0.15, 0.2) is 82.0 Å². The zero-order valence-corrected chi connectivity index (χ0v) is 12.7. The summed E-state index contributed by atoms with van der Waals surface area (Å²) in [6, 6.07) is 21.5. The molecule has 0 atom stereocenters. The minimum atomic E-state index is 0.933. The predicted molar refractivity (Wildman–Crippen MR) is 98.5 cm³/mol. The summed E-state index contributed by atoms with van der Waals surface area (Å²) in [7, 11) is 0. The number of hydrogen-bond acceptors (Lipinski definition) is 2. The summed E-state index contributed by atoms with van der Waals surface area (Å²) in [6.45, 7) is 0. The van der Waals surface area contributed by atoms with E-state index >= 15 is 0 Å². The molecule has 0 aliphatic heterocycles. The van der Waals surface area contributed by atoms with Gasteiger partial charge in [-0.2, -0.15) is 0 Å². The molecule has 0 bridgehead atoms. The highest BCUT2D eigenvalue weighted by Gasteiger charge is 2.08. The van der Waals surface area contributed by atoms with E-state index in [4.69, 9.17) is 8.83 Å². The zero-order valence-electron chi connectivity index (χ0n) is 12.7. The van der Waals surface area contributed by atoms with E-state index in [2.05, 4.69) is 48.5 Å². The summed E-state index contributed by atoms with van der Waals surface area (Å²) in [5, 5.41) is 9.74. The lowest BCUT2D eigenvalue weighted by Crippen LogP contribution is -1.81. The number of furan rings is 2. The fraction of sp³-hybridized carbons (Fsp3) is 0. The summed E-state index contributed by atoms with van der Waals surface area (Å²) < 4.78 is 11.1. The maximum absolute atomic E-state index is 5.54. The SMILES string of the molecule is c1cc2cc3c(ccc4c5cc6ccoc6cc5ccc34)cc2o1. The first-order valence-corrected chi connectivity index (χ1v) is 8.00. The maximum Gasteiger partial charge on any atom is 0.134 e. The highest BCUT2D eigenvalue weighted by atomic mass is 16.3. The molecule has 0 N–H and O–H groups in total. The van der Waals surface area contributed by atoms with Gasteiger partial charge < -0.3 is 8.83 Å². The molecule has 0 unspecified atom stereocenters. The predicted octanol–water partition coefficient (Wildman–Crippen LogP) is 6.64. The van der Waals surface area contributed by atoms with Crippen LogP contribution in [-0.4, -0.2) is 0 Å². The number of rotatable bonds is 0. The van der Waals surface area contributed by atoms with E-state index in [9.17, 15) is 0 Å². The summed E-state index contributed by atoms with van der Waals surface area (Å²) >= 11 is 0. The Morgan fingerprint density at radius 3 is 1.42 bits per heavy atom. The summed E-state index contributed by atoms with van der Waals surface area (Å²) in [5.74, 6) is 0. The van der Waals surface area contributed by atoms with E-state index in [0.29, 0.717) is 0 Å². The summed E-state index contributed by atoms with van der Waals surface area (Å²) in [4.78, 5) is 0. The fourth-order valence-corrected chi connectivity index (χ4v) is 3.79. The van der Waals surface area contributed by atoms with E-state index in [-0.39, 0.29) is 0 Å². The number of hydrogen-bond donors (Lipinski definition) is 0. The van der Waals surface area contributed by atoms with Crippen LogP contribution in [0.5, 0.6) is 0 Å². The van der Waals surface area contributed by atoms with E-state index in [0.717, 1.165) is 21.9 Å². The third kappa shape index (κ3) is 1.50. The molecule has 0 spiro atoms. The molecule has 2 heterocycles. The van der Waals surface area contributed by atoms with Crippen LogP contribution >= 0.6 is 0 Å². The van der Waals surface area contributed by atoms with Gasteiger partial charge in [0.2, 0.25) is 0 Å². The molecular formula is C22H12O2. The first kappa shape index (κ1) is 12.2. The normalized spacial score (nSPS) is 12.2. The average Bonchev–Trinajstić information content (AvgIpc) is 3.25. The monoisotopic (exact) mass is 308 g/mol. The average molecular weight is 308 g/mol. The van der Waals surface area contributed by atoms with Crippen molar-refractivity contribution in [3.63, 3.8) is 0 Å². The van der Waals surface area contributed by atoms with Crippen molar-refractivity contribution in [1.29, 1.82) is 0 Å². The topological polar surface area (TPSA) is 26.3 Å². The Balaban J connectivity index is 1.84. The van der Waals surface area contributed by atoms with Crippen molar-refractivity contribution < 1.29 is 8.83 Å². The van der Waals surface area contributed by atoms with Crippen LogP contribution in [0, 0.1) is 0 Å². The first-order valence-electron chi connectivity index (χ1n) is 8.00. The lowest BCUT2D eigenvalue weighted by Gasteiger charge is -2.08. The molecule has 2 nitrogen and oxygen atoms in total. The standard InChI is InChI=1S/C22H12O2/c1-3-17-18(19-9-15-5-7-23-21(15)11-13(1)19)4-2-14-12-22-16(6-8-24-22)10-20(14)17/h1-12H. The van der Waals surface area contributed by atoms with Crippen LogP contribution in [0.4, 0.5) is 0 Å². The third-order valence-electron chi connectivity index (χ3n) is 4.98. The van der Waals surface area contributed by atoms with E-state index in [1.807, 2.05) is 12.1 Å². The van der Waals surface area contributed by atoms with E-state index in [1.54, 1.807) is 12.5 Å². The minimum absolute atomic E-state index is 0.933. The van der Waals surface area contributed by atoms with Crippen LogP contribution in [0.3, 0.4) is 0 Å². The molecule has 0 aliphatic rings. The van der Waals surface area contributed by atoms with Gasteiger partial charge in [-0.25, -0.2) is 0 Å². The van der Waals surface area contributed by atoms with Gasteiger partial charge in [0, 0.05) is 10.8 Å². The Bertz CT molecular complexity index is 1290. The molecule has 0 aliphatic carbocycles. The van der Waals surface area contributed by atoms with Crippen molar-refractivity contribution in [2.45, 2.75) is 0 Å². The van der Waals surface area contributed by atoms with Crippen LogP contribution in [0.2, 0.25) is 0 Å². The van der Waals surface area contributed by atoms with Crippen molar-refractivity contribution in [2.24, 2.45) is 0 Å². The van der Waals surface area contributed by atoms with Crippen LogP contribution < -0.4 is 0 Å². The van der Waals surface area contributed by atoms with Crippen molar-refractivity contribution in [3.8, 4) is 0 Å². The highest BCUT2D eigenvalue weighted by molar-refractivity contribution is 6.20. The van der Waals surface area contributed by atoms with Crippen LogP contribution in [0.25, 0.3) is 54.3 Å². The molecular weight excluding hydrogens is 296 g/mol. The molecule has 0 amide bonds. The molecule has 4 aromatic carbocycles. The molecule has 6 aromatic rings. The van der Waals surface area contributed by atoms with Crippen LogP contribution in [0.1, 0.15) is 0 Å². The first-order chi connectivity index (χ1) is 11.9. The van der Waals surface area contributed by atoms with Crippen molar-refractivity contribution in [3.05, 3.63) is 73.2 Å². The molecule has 112 valence electrons. The van der Waals surface area contributed by atoms with Crippen molar-refractivity contribution >= 4 is 54.3 Å². The van der Waals surface area contributed by atoms with Crippen molar-refractivity contribution in [2.75, 3.05) is 0 Å². The van der Waals surface area contributed by atoms with Crippen LogP contribution in [-0.2, 0) is 0 Å². The Morgan fingerprint density at radius 1 is 0.417 bits per heavy atom. The van der Waals surface area contributed by atoms with Gasteiger partial charge in [-0.3, -0.25) is 0 Å². The minimum Gasteiger partial charge on any atom is -0.464 e. The second-order valence-electron chi connectivity index (χ2n) is 6.29. The smallest absolute Gasteiger partial charge is 0.134 e. The molecule has 2 aromatic heterocycles. The largest absolute Gasteiger partial charge is 0.464 e. The molecule has 2 heteroatoms. The van der Waals surface area contributed by atoms with E-state index < -0.39 is 0 Å². The molecule has 6 rings (SSSR count). The zero-order chi connectivity index (χ0) is 15.7. The van der Waals surface area contributed by atoms with Gasteiger partial charge in [0.05, 0.1) is 12.5 Å². The highest BCUT2D eigenvalue weighted by Crippen LogP contribution is 2.35. The second kappa shape index (κ2) is 4.18. The van der Waals surface area contributed by atoms with Gasteiger partial charge in [-0.15, -0.1) is 0 Å². The Labute approximate surface area is 136 Å². The molecule has 0 fully saturated rings. The van der Waals surface area contributed by atoms with E-state index in [1.165, 1.54) is 32.3 Å². The van der Waals surface area contributed by atoms with Crippen molar-refractivity contribution in [1.82, 2.24) is 0 Å². The lowest BCUT2D eigenvalue weighted by atomic mass is 9.96. The van der Waals surface area contributed by atoms with Gasteiger partial charge in [0.1, 0.15) is 11.2 Å². The Kier molecular flexibility index (Phi) is 2.12. The number of fused-ring (bicyclic) bond motifs is 7. The number of benzene rings is 4. The van der Waals surface area contributed by atoms with Gasteiger partial charge in [-0.05, 0) is 68.7 Å². The summed E-state index contributed by atoms with van der Waals surface area (Å²) in [5.41, 5.74) is 1.87. The third-order valence-corrected chi connectivity index (χ3v) is 4.98. The Morgan fingerprint density at radius 2 is 0.917 bits per heavy atom. The maximum atomic E-state index is 5.54. The summed E-state index contributed by atoms with van der Waals surface area (Å²) in [6.07, 6.45) is 3.49. The Hall–Kier alpha value is -3.26. The van der Waals surface area contributed by atoms with Gasteiger partial charge in [-0.1, -0.05) is 24.3 Å². The van der Waals surface area contributed by atoms with Gasteiger partial charge >= 0.3 is 0 Å². The molecule has 24 heavy (non-hydrogen) atoms. The molecule has 0 radical (unpaired) electrons.